The van der Waals surface area contributed by atoms with Gasteiger partial charge >= 0.3 is 6.03 Å². The average Bonchev–Trinajstić information content (AvgIpc) is 3.09. The first kappa shape index (κ1) is 20.0. The predicted octanol–water partition coefficient (Wildman–Crippen LogP) is 3.81. The van der Waals surface area contributed by atoms with Gasteiger partial charge in [-0.05, 0) is 50.1 Å². The van der Waals surface area contributed by atoms with Crippen LogP contribution in [-0.2, 0) is 9.59 Å². The van der Waals surface area contributed by atoms with E-state index in [1.54, 1.807) is 12.1 Å². The first-order valence-electron chi connectivity index (χ1n) is 7.67. The molecule has 28 heavy (non-hydrogen) atoms. The van der Waals surface area contributed by atoms with Crippen molar-refractivity contribution in [3.63, 3.8) is 0 Å². The molecule has 1 aromatic carbocycles. The lowest BCUT2D eigenvalue weighted by molar-refractivity contribution is -0.385. The fourth-order valence-electron chi connectivity index (χ4n) is 2.58. The molecule has 0 bridgehead atoms. The molecule has 1 saturated heterocycles. The van der Waals surface area contributed by atoms with Crippen LogP contribution in [-0.4, -0.2) is 46.7 Å². The predicted molar refractivity (Wildman–Crippen MR) is 105 cm³/mol. The van der Waals surface area contributed by atoms with Crippen LogP contribution in [0.2, 0.25) is 0 Å². The van der Waals surface area contributed by atoms with Crippen molar-refractivity contribution in [2.75, 3.05) is 14.1 Å². The van der Waals surface area contributed by atoms with Crippen molar-refractivity contribution >= 4 is 61.5 Å². The van der Waals surface area contributed by atoms with Crippen molar-refractivity contribution in [2.24, 2.45) is 0 Å². The molecule has 1 aliphatic rings. The van der Waals surface area contributed by atoms with Gasteiger partial charge in [0, 0.05) is 40.7 Å². The van der Waals surface area contributed by atoms with Crippen LogP contribution in [0.15, 0.2) is 43.2 Å². The third kappa shape index (κ3) is 3.38. The van der Waals surface area contributed by atoms with Crippen molar-refractivity contribution in [1.29, 1.82) is 0 Å². The molecule has 0 radical (unpaired) electrons. The molecule has 11 heteroatoms. The fourth-order valence-corrected chi connectivity index (χ4v) is 4.14. The number of rotatable bonds is 3. The second kappa shape index (κ2) is 7.32. The molecule has 144 valence electrons. The molecule has 2 heterocycles. The van der Waals surface area contributed by atoms with Crippen molar-refractivity contribution in [1.82, 2.24) is 9.80 Å². The number of non-ortho nitro benzene ring substituents is 1. The van der Waals surface area contributed by atoms with Gasteiger partial charge in [0.25, 0.3) is 17.5 Å². The van der Waals surface area contributed by atoms with Crippen LogP contribution in [0.1, 0.15) is 5.76 Å². The largest absolute Gasteiger partial charge is 0.457 e. The average molecular weight is 513 g/mol. The van der Waals surface area contributed by atoms with Crippen LogP contribution in [0.4, 0.5) is 10.5 Å². The van der Waals surface area contributed by atoms with Gasteiger partial charge in [-0.3, -0.25) is 29.5 Å². The Labute approximate surface area is 175 Å². The molecule has 0 aliphatic carbocycles. The molecule has 0 saturated carbocycles. The third-order valence-electron chi connectivity index (χ3n) is 4.04. The van der Waals surface area contributed by atoms with E-state index in [0.717, 1.165) is 9.80 Å². The second-order valence-corrected chi connectivity index (χ2v) is 7.52. The van der Waals surface area contributed by atoms with Crippen molar-refractivity contribution < 1.29 is 23.7 Å². The summed E-state index contributed by atoms with van der Waals surface area (Å²) >= 11 is 6.57. The van der Waals surface area contributed by atoms with Gasteiger partial charge in [0.15, 0.2) is 0 Å². The molecule has 3 rings (SSSR count). The van der Waals surface area contributed by atoms with E-state index in [9.17, 15) is 24.5 Å². The summed E-state index contributed by atoms with van der Waals surface area (Å²) in [7, 11) is 2.56. The highest BCUT2D eigenvalue weighted by Gasteiger charge is 2.38. The van der Waals surface area contributed by atoms with Crippen molar-refractivity contribution in [2.45, 2.75) is 0 Å². The summed E-state index contributed by atoms with van der Waals surface area (Å²) in [4.78, 5) is 48.4. The van der Waals surface area contributed by atoms with Gasteiger partial charge in [-0.2, -0.15) is 0 Å². The number of likely N-dealkylation sites (N-methyl/N-ethyl adjacent to an activating group) is 2. The lowest BCUT2D eigenvalue weighted by atomic mass is 10.1. The van der Waals surface area contributed by atoms with Gasteiger partial charge in [-0.1, -0.05) is 0 Å². The number of carbonyl (C=O) groups is 3. The number of urea groups is 1. The minimum atomic E-state index is -0.733. The molecule has 0 N–H and O–H groups in total. The number of benzene rings is 1. The zero-order valence-electron chi connectivity index (χ0n) is 14.4. The van der Waals surface area contributed by atoms with E-state index in [0.29, 0.717) is 20.3 Å². The minimum Gasteiger partial charge on any atom is -0.457 e. The van der Waals surface area contributed by atoms with E-state index in [1.165, 1.54) is 32.3 Å². The van der Waals surface area contributed by atoms with Gasteiger partial charge in [0.05, 0.1) is 4.92 Å². The van der Waals surface area contributed by atoms with Crippen LogP contribution in [0.3, 0.4) is 0 Å². The van der Waals surface area contributed by atoms with Gasteiger partial charge in [-0.25, -0.2) is 4.79 Å². The van der Waals surface area contributed by atoms with Crippen molar-refractivity contribution in [3.8, 4) is 11.3 Å². The topological polar surface area (TPSA) is 114 Å². The summed E-state index contributed by atoms with van der Waals surface area (Å²) in [6, 6.07) is 5.10. The number of nitrogens with zero attached hydrogens (tertiary/aromatic N) is 3. The number of furan rings is 1. The first-order chi connectivity index (χ1) is 13.1. The maximum atomic E-state index is 12.3. The van der Waals surface area contributed by atoms with Gasteiger partial charge in [-0.15, -0.1) is 0 Å². The molecular weight excluding hydrogens is 502 g/mol. The number of hydrogen-bond acceptors (Lipinski definition) is 6. The number of barbiturate groups is 1. The van der Waals surface area contributed by atoms with Crippen LogP contribution < -0.4 is 0 Å². The number of imide groups is 2. The Morgan fingerprint density at radius 1 is 1.04 bits per heavy atom. The number of nitro groups is 1. The van der Waals surface area contributed by atoms with E-state index >= 15 is 0 Å². The maximum Gasteiger partial charge on any atom is 0.333 e. The standard InChI is InChI=1S/C17H11Br2N3O6/c1-20-15(23)10(16(24)21(2)17(20)25)7-9-3-4-13(28-9)14-11(18)5-8(22(26)27)6-12(14)19/h3-7H,1-2H3. The number of halogens is 2. The second-order valence-electron chi connectivity index (χ2n) is 5.81. The molecule has 9 nitrogen and oxygen atoms in total. The van der Waals surface area contributed by atoms with Gasteiger partial charge in [0.2, 0.25) is 0 Å². The maximum absolute atomic E-state index is 12.3. The monoisotopic (exact) mass is 511 g/mol. The SMILES string of the molecule is CN1C(=O)C(=Cc2ccc(-c3c(Br)cc([N+](=O)[O-])cc3Br)o2)C(=O)N(C)C1=O. The van der Waals surface area contributed by atoms with Crippen LogP contribution in [0.25, 0.3) is 17.4 Å². The Kier molecular flexibility index (Phi) is 5.22. The Bertz CT molecular complexity index is 1030. The molecule has 1 aliphatic heterocycles. The van der Waals surface area contributed by atoms with E-state index in [1.807, 2.05) is 0 Å². The highest BCUT2D eigenvalue weighted by molar-refractivity contribution is 9.11. The smallest absolute Gasteiger partial charge is 0.333 e. The van der Waals surface area contributed by atoms with Gasteiger partial charge in [0.1, 0.15) is 17.1 Å². The lowest BCUT2D eigenvalue weighted by Gasteiger charge is -2.28. The minimum absolute atomic E-state index is 0.106. The Hall–Kier alpha value is -2.79. The summed E-state index contributed by atoms with van der Waals surface area (Å²) in [5, 5.41) is 11.0. The zero-order valence-corrected chi connectivity index (χ0v) is 17.6. The number of hydrogen-bond donors (Lipinski definition) is 0. The highest BCUT2D eigenvalue weighted by atomic mass is 79.9. The fraction of sp³-hybridized carbons (Fsp3) is 0.118. The number of nitro benzene ring substituents is 1. The summed E-state index contributed by atoms with van der Waals surface area (Å²) in [5.74, 6) is -0.901. The van der Waals surface area contributed by atoms with Crippen LogP contribution in [0.5, 0.6) is 0 Å². The van der Waals surface area contributed by atoms with Crippen LogP contribution >= 0.6 is 31.9 Å². The quantitative estimate of drug-likeness (QED) is 0.267. The van der Waals surface area contributed by atoms with E-state index < -0.39 is 22.8 Å². The molecule has 0 unspecified atom stereocenters. The van der Waals surface area contributed by atoms with Crippen molar-refractivity contribution in [3.05, 3.63) is 54.7 Å². The molecule has 4 amide bonds. The summed E-state index contributed by atoms with van der Waals surface area (Å²) in [6.07, 6.45) is 1.25. The first-order valence-corrected chi connectivity index (χ1v) is 9.25. The highest BCUT2D eigenvalue weighted by Crippen LogP contribution is 2.39. The Balaban J connectivity index is 2.01. The summed E-state index contributed by atoms with van der Waals surface area (Å²) in [5.41, 5.74) is 0.207. The van der Waals surface area contributed by atoms with Gasteiger partial charge < -0.3 is 4.42 Å². The zero-order chi connectivity index (χ0) is 20.7. The molecular formula is C17H11Br2N3O6. The van der Waals surface area contributed by atoms with E-state index in [4.69, 9.17) is 4.42 Å². The number of carbonyl (C=O) groups excluding carboxylic acids is 3. The normalized spacial score (nSPS) is 14.7. The molecule has 2 aromatic rings. The summed E-state index contributed by atoms with van der Waals surface area (Å²) in [6.45, 7) is 0. The lowest BCUT2D eigenvalue weighted by Crippen LogP contribution is -2.52. The third-order valence-corrected chi connectivity index (χ3v) is 5.29. The Morgan fingerprint density at radius 3 is 2.07 bits per heavy atom. The van der Waals surface area contributed by atoms with Crippen LogP contribution in [0, 0.1) is 10.1 Å². The molecule has 1 aromatic heterocycles. The Morgan fingerprint density at radius 2 is 1.57 bits per heavy atom. The van der Waals surface area contributed by atoms with E-state index in [-0.39, 0.29) is 17.0 Å². The summed E-state index contributed by atoms with van der Waals surface area (Å²) < 4.78 is 6.55. The molecule has 0 atom stereocenters. The molecule has 1 fully saturated rings. The number of amides is 4. The molecule has 0 spiro atoms. The van der Waals surface area contributed by atoms with E-state index in [2.05, 4.69) is 31.9 Å².